The number of nitrogens with zero attached hydrogens (tertiary/aromatic N) is 2. The van der Waals surface area contributed by atoms with E-state index in [1.165, 1.54) is 40.8 Å². The smallest absolute Gasteiger partial charge is 0.408 e. The van der Waals surface area contributed by atoms with Crippen LogP contribution in [0.1, 0.15) is 11.1 Å². The van der Waals surface area contributed by atoms with Crippen LogP contribution in [-0.2, 0) is 34.0 Å². The van der Waals surface area contributed by atoms with Crippen LogP contribution < -0.4 is 11.0 Å². The number of alkyl carbamates (subject to hydrolysis) is 1. The highest BCUT2D eigenvalue weighted by molar-refractivity contribution is 5.81. The molecule has 0 spiro atoms. The molecular weight excluding hydrogens is 405 g/mol. The van der Waals surface area contributed by atoms with E-state index in [1.807, 2.05) is 18.2 Å². The molecule has 31 heavy (non-hydrogen) atoms. The molecule has 8 nitrogen and oxygen atoms in total. The number of methoxy groups -OCH3 is 1. The number of hydrogen-bond donors (Lipinski definition) is 1. The van der Waals surface area contributed by atoms with Gasteiger partial charge in [-0.2, -0.15) is 0 Å². The topological polar surface area (TPSA) is 91.6 Å². The Bertz CT molecular complexity index is 1090. The fraction of sp³-hybridized carbons (Fsp3) is 0.227. The maximum atomic E-state index is 13.4. The zero-order valence-corrected chi connectivity index (χ0v) is 16.9. The summed E-state index contributed by atoms with van der Waals surface area (Å²) < 4.78 is 25.9. The molecule has 1 heterocycles. The van der Waals surface area contributed by atoms with E-state index in [-0.39, 0.29) is 19.7 Å². The number of ether oxygens (including phenoxy) is 2. The van der Waals surface area contributed by atoms with Gasteiger partial charge >= 0.3 is 17.8 Å². The zero-order valence-electron chi connectivity index (χ0n) is 16.9. The molecule has 1 N–H and O–H groups in total. The van der Waals surface area contributed by atoms with E-state index < -0.39 is 29.6 Å². The fourth-order valence-corrected chi connectivity index (χ4v) is 2.97. The van der Waals surface area contributed by atoms with Gasteiger partial charge in [-0.15, -0.1) is 0 Å². The van der Waals surface area contributed by atoms with E-state index in [2.05, 4.69) is 5.32 Å². The first-order valence-electron chi connectivity index (χ1n) is 9.51. The molecule has 1 aromatic heterocycles. The van der Waals surface area contributed by atoms with Gasteiger partial charge in [-0.25, -0.2) is 18.8 Å². The van der Waals surface area contributed by atoms with Crippen molar-refractivity contribution < 1.29 is 23.5 Å². The van der Waals surface area contributed by atoms with Crippen molar-refractivity contribution in [3.8, 4) is 0 Å². The molecule has 0 fully saturated rings. The van der Waals surface area contributed by atoms with Crippen LogP contribution in [0, 0.1) is 5.82 Å². The van der Waals surface area contributed by atoms with E-state index in [4.69, 9.17) is 9.47 Å². The third-order valence-electron chi connectivity index (χ3n) is 4.53. The van der Waals surface area contributed by atoms with Crippen LogP contribution in [-0.4, -0.2) is 34.3 Å². The van der Waals surface area contributed by atoms with E-state index in [1.54, 1.807) is 24.3 Å². The van der Waals surface area contributed by atoms with Gasteiger partial charge in [-0.3, -0.25) is 9.13 Å². The Kier molecular flexibility index (Phi) is 7.21. The number of amides is 1. The van der Waals surface area contributed by atoms with Crippen molar-refractivity contribution >= 4 is 12.1 Å². The fourth-order valence-electron chi connectivity index (χ4n) is 2.97. The normalized spacial score (nSPS) is 11.5. The van der Waals surface area contributed by atoms with Crippen LogP contribution in [0.3, 0.4) is 0 Å². The summed E-state index contributed by atoms with van der Waals surface area (Å²) in [6, 6.07) is 13.9. The maximum absolute atomic E-state index is 13.4. The minimum atomic E-state index is -1.13. The van der Waals surface area contributed by atoms with E-state index in [0.29, 0.717) is 5.56 Å². The number of benzene rings is 2. The number of aromatic nitrogens is 2. The van der Waals surface area contributed by atoms with Crippen LogP contribution in [0.2, 0.25) is 0 Å². The molecular formula is C22H22FN3O5. The van der Waals surface area contributed by atoms with Gasteiger partial charge in [0.15, 0.2) is 0 Å². The lowest BCUT2D eigenvalue weighted by atomic mass is 10.2. The van der Waals surface area contributed by atoms with Crippen molar-refractivity contribution in [1.29, 1.82) is 0 Å². The standard InChI is InChI=1S/C22H22FN3O5/c1-30-20(27)19(24-21(28)31-15-16-6-3-2-4-7-16)14-26-11-10-25(22(26)29)13-17-8-5-9-18(23)12-17/h2-12,19H,13-15H2,1H3,(H,24,28)/t19-/m0/s1. The average Bonchev–Trinajstić information content (AvgIpc) is 3.11. The van der Waals surface area contributed by atoms with Gasteiger partial charge in [-0.1, -0.05) is 42.5 Å². The molecule has 0 radical (unpaired) electrons. The molecule has 0 aliphatic heterocycles. The highest BCUT2D eigenvalue weighted by Crippen LogP contribution is 2.05. The number of rotatable bonds is 8. The number of halogens is 1. The third kappa shape index (κ3) is 6.05. The number of carbonyl (C=O) groups excluding carboxylic acids is 2. The van der Waals surface area contributed by atoms with Crippen molar-refractivity contribution in [2.45, 2.75) is 25.7 Å². The van der Waals surface area contributed by atoms with E-state index in [9.17, 15) is 18.8 Å². The second-order valence-electron chi connectivity index (χ2n) is 6.77. The summed E-state index contributed by atoms with van der Waals surface area (Å²) >= 11 is 0. The Hall–Kier alpha value is -3.88. The predicted molar refractivity (Wildman–Crippen MR) is 110 cm³/mol. The molecule has 0 saturated carbocycles. The van der Waals surface area contributed by atoms with Crippen LogP contribution in [0.15, 0.2) is 71.8 Å². The summed E-state index contributed by atoms with van der Waals surface area (Å²) in [5, 5.41) is 2.43. The van der Waals surface area contributed by atoms with Gasteiger partial charge in [0.25, 0.3) is 0 Å². The lowest BCUT2D eigenvalue weighted by Crippen LogP contribution is -2.46. The van der Waals surface area contributed by atoms with Crippen molar-refractivity contribution in [3.05, 3.63) is 94.4 Å². The largest absolute Gasteiger partial charge is 0.467 e. The highest BCUT2D eigenvalue weighted by atomic mass is 19.1. The predicted octanol–water partition coefficient (Wildman–Crippen LogP) is 2.31. The first-order chi connectivity index (χ1) is 15.0. The molecule has 0 aliphatic carbocycles. The number of esters is 1. The van der Waals surface area contributed by atoms with Crippen molar-refractivity contribution in [1.82, 2.24) is 14.5 Å². The molecule has 3 rings (SSSR count). The van der Waals surface area contributed by atoms with Gasteiger partial charge < -0.3 is 14.8 Å². The molecule has 2 aromatic carbocycles. The summed E-state index contributed by atoms with van der Waals surface area (Å²) in [5.41, 5.74) is 0.988. The minimum Gasteiger partial charge on any atom is -0.467 e. The number of imidazole rings is 1. The molecule has 0 saturated heterocycles. The molecule has 0 aliphatic rings. The summed E-state index contributed by atoms with van der Waals surface area (Å²) in [6.07, 6.45) is 2.19. The van der Waals surface area contributed by atoms with Gasteiger partial charge in [0, 0.05) is 12.4 Å². The number of nitrogens with one attached hydrogen (secondary N) is 1. The Morgan fingerprint density at radius 1 is 1.03 bits per heavy atom. The van der Waals surface area contributed by atoms with Gasteiger partial charge in [-0.05, 0) is 23.3 Å². The Morgan fingerprint density at radius 2 is 1.74 bits per heavy atom. The first kappa shape index (κ1) is 21.8. The highest BCUT2D eigenvalue weighted by Gasteiger charge is 2.24. The SMILES string of the molecule is COC(=O)[C@H](Cn1ccn(Cc2cccc(F)c2)c1=O)NC(=O)OCc1ccccc1. The van der Waals surface area contributed by atoms with Crippen LogP contribution in [0.25, 0.3) is 0 Å². The van der Waals surface area contributed by atoms with Crippen LogP contribution in [0.4, 0.5) is 9.18 Å². The van der Waals surface area contributed by atoms with E-state index in [0.717, 1.165) is 5.56 Å². The molecule has 3 aromatic rings. The van der Waals surface area contributed by atoms with Crippen molar-refractivity contribution in [2.75, 3.05) is 7.11 Å². The molecule has 162 valence electrons. The maximum Gasteiger partial charge on any atom is 0.408 e. The number of hydrogen-bond acceptors (Lipinski definition) is 5. The Morgan fingerprint density at radius 3 is 2.45 bits per heavy atom. The lowest BCUT2D eigenvalue weighted by Gasteiger charge is -2.16. The third-order valence-corrected chi connectivity index (χ3v) is 4.53. The average molecular weight is 427 g/mol. The molecule has 1 atom stereocenters. The second kappa shape index (κ2) is 10.2. The first-order valence-corrected chi connectivity index (χ1v) is 9.51. The lowest BCUT2D eigenvalue weighted by molar-refractivity contribution is -0.143. The van der Waals surface area contributed by atoms with Gasteiger partial charge in [0.2, 0.25) is 0 Å². The van der Waals surface area contributed by atoms with Gasteiger partial charge in [0.05, 0.1) is 20.2 Å². The van der Waals surface area contributed by atoms with Gasteiger partial charge in [0.1, 0.15) is 18.5 Å². The molecule has 0 unspecified atom stereocenters. The molecule has 1 amide bonds. The quantitative estimate of drug-likeness (QED) is 0.557. The van der Waals surface area contributed by atoms with Crippen molar-refractivity contribution in [3.63, 3.8) is 0 Å². The van der Waals surface area contributed by atoms with Crippen LogP contribution in [0.5, 0.6) is 0 Å². The summed E-state index contributed by atoms with van der Waals surface area (Å²) in [4.78, 5) is 36.9. The second-order valence-corrected chi connectivity index (χ2v) is 6.77. The van der Waals surface area contributed by atoms with Crippen LogP contribution >= 0.6 is 0 Å². The summed E-state index contributed by atoms with van der Waals surface area (Å²) in [5.74, 6) is -1.12. The summed E-state index contributed by atoms with van der Waals surface area (Å²) in [6.45, 7) is 0.0473. The number of carbonyl (C=O) groups is 2. The zero-order chi connectivity index (χ0) is 22.2. The van der Waals surface area contributed by atoms with E-state index >= 15 is 0 Å². The summed E-state index contributed by atoms with van der Waals surface area (Å²) in [7, 11) is 1.18. The molecule has 0 bridgehead atoms. The Labute approximate surface area is 177 Å². The monoisotopic (exact) mass is 427 g/mol. The minimum absolute atomic E-state index is 0.0323. The van der Waals surface area contributed by atoms with Crippen molar-refractivity contribution in [2.24, 2.45) is 0 Å². The molecule has 9 heteroatoms. The Balaban J connectivity index is 1.65.